The van der Waals surface area contributed by atoms with Crippen LogP contribution in [0, 0.1) is 17.7 Å². The Morgan fingerprint density at radius 2 is 1.75 bits per heavy atom. The second kappa shape index (κ2) is 8.73. The molecule has 1 fully saturated rings. The van der Waals surface area contributed by atoms with E-state index in [1.807, 2.05) is 18.2 Å². The summed E-state index contributed by atoms with van der Waals surface area (Å²) in [6.07, 6.45) is 1.10. The van der Waals surface area contributed by atoms with Gasteiger partial charge in [-0.2, -0.15) is 0 Å². The molecule has 28 heavy (non-hydrogen) atoms. The van der Waals surface area contributed by atoms with Crippen LogP contribution in [-0.2, 0) is 16.0 Å². The van der Waals surface area contributed by atoms with E-state index in [0.29, 0.717) is 30.9 Å². The average molecular weight is 386 g/mol. The third-order valence-corrected chi connectivity index (χ3v) is 4.76. The first-order valence-corrected chi connectivity index (χ1v) is 9.07. The molecule has 1 aliphatic rings. The van der Waals surface area contributed by atoms with Gasteiger partial charge in [0.2, 0.25) is 11.8 Å². The number of carbonyl (C=O) groups is 2. The van der Waals surface area contributed by atoms with Crippen molar-refractivity contribution in [3.63, 3.8) is 0 Å². The molecular formula is C21H23FN2O4. The maximum absolute atomic E-state index is 13.6. The number of hydrogen-bond donors (Lipinski definition) is 2. The summed E-state index contributed by atoms with van der Waals surface area (Å²) in [6.45, 7) is 0.451. The molecule has 0 spiro atoms. The number of methoxy groups -OCH3 is 2. The molecule has 2 amide bonds. The van der Waals surface area contributed by atoms with Crippen LogP contribution in [0.4, 0.5) is 10.1 Å². The summed E-state index contributed by atoms with van der Waals surface area (Å²) < 4.78 is 24.1. The van der Waals surface area contributed by atoms with E-state index in [9.17, 15) is 14.0 Å². The van der Waals surface area contributed by atoms with Crippen LogP contribution in [0.3, 0.4) is 0 Å². The van der Waals surface area contributed by atoms with Gasteiger partial charge in [0.05, 0.1) is 31.7 Å². The standard InChI is InChI=1S/C21H23FN2O4/c1-27-18-8-7-13(11-19(18)28-2)9-10-23-20(25)14-12-15(14)21(26)24-17-6-4-3-5-16(17)22/h3-8,11,14-15H,9-10,12H2,1-2H3,(H,23,25)(H,24,26). The molecule has 2 N–H and O–H groups in total. The minimum atomic E-state index is -0.493. The summed E-state index contributed by atoms with van der Waals surface area (Å²) in [5, 5.41) is 5.40. The Morgan fingerprint density at radius 3 is 2.46 bits per heavy atom. The Labute approximate surface area is 163 Å². The Morgan fingerprint density at radius 1 is 1.04 bits per heavy atom. The highest BCUT2D eigenvalue weighted by Gasteiger charge is 2.48. The number of benzene rings is 2. The van der Waals surface area contributed by atoms with E-state index >= 15 is 0 Å². The monoisotopic (exact) mass is 386 g/mol. The van der Waals surface area contributed by atoms with Crippen molar-refractivity contribution in [2.24, 2.45) is 11.8 Å². The van der Waals surface area contributed by atoms with Crippen LogP contribution in [0.25, 0.3) is 0 Å². The molecule has 1 aliphatic carbocycles. The summed E-state index contributed by atoms with van der Waals surface area (Å²) in [4.78, 5) is 24.4. The zero-order valence-corrected chi connectivity index (χ0v) is 15.8. The number of nitrogens with one attached hydrogen (secondary N) is 2. The van der Waals surface area contributed by atoms with Gasteiger partial charge in [-0.1, -0.05) is 18.2 Å². The fourth-order valence-corrected chi connectivity index (χ4v) is 3.06. The van der Waals surface area contributed by atoms with E-state index in [1.165, 1.54) is 12.1 Å². The number of hydrogen-bond acceptors (Lipinski definition) is 4. The average Bonchev–Trinajstić information content (AvgIpc) is 3.50. The fraction of sp³-hybridized carbons (Fsp3) is 0.333. The minimum absolute atomic E-state index is 0.131. The van der Waals surface area contributed by atoms with Crippen molar-refractivity contribution in [2.75, 3.05) is 26.1 Å². The summed E-state index contributed by atoms with van der Waals surface area (Å²) in [5.41, 5.74) is 1.13. The molecule has 0 saturated heterocycles. The number of halogens is 1. The summed E-state index contributed by atoms with van der Waals surface area (Å²) in [6, 6.07) is 11.6. The van der Waals surface area contributed by atoms with Gasteiger partial charge in [-0.3, -0.25) is 9.59 Å². The highest BCUT2D eigenvalue weighted by Crippen LogP contribution is 2.39. The lowest BCUT2D eigenvalue weighted by molar-refractivity contribution is -0.125. The zero-order chi connectivity index (χ0) is 20.1. The summed E-state index contributed by atoms with van der Waals surface area (Å²) in [7, 11) is 3.15. The number of ether oxygens (including phenoxy) is 2. The minimum Gasteiger partial charge on any atom is -0.493 e. The highest BCUT2D eigenvalue weighted by molar-refractivity contribution is 5.99. The lowest BCUT2D eigenvalue weighted by Gasteiger charge is -2.10. The van der Waals surface area contributed by atoms with Gasteiger partial charge in [0, 0.05) is 6.54 Å². The molecule has 6 nitrogen and oxygen atoms in total. The van der Waals surface area contributed by atoms with Crippen LogP contribution in [0.5, 0.6) is 11.5 Å². The number of amides is 2. The molecule has 148 valence electrons. The number of anilines is 1. The van der Waals surface area contributed by atoms with Crippen molar-refractivity contribution >= 4 is 17.5 Å². The second-order valence-corrected chi connectivity index (χ2v) is 6.65. The van der Waals surface area contributed by atoms with Gasteiger partial charge in [-0.05, 0) is 42.7 Å². The van der Waals surface area contributed by atoms with Gasteiger partial charge < -0.3 is 20.1 Å². The van der Waals surface area contributed by atoms with Gasteiger partial charge in [0.15, 0.2) is 11.5 Å². The number of carbonyl (C=O) groups excluding carboxylic acids is 2. The summed E-state index contributed by atoms with van der Waals surface area (Å²) in [5.74, 6) is -0.472. The third-order valence-electron chi connectivity index (χ3n) is 4.76. The molecule has 2 aromatic rings. The largest absolute Gasteiger partial charge is 0.493 e. The Balaban J connectivity index is 1.45. The van der Waals surface area contributed by atoms with E-state index < -0.39 is 11.7 Å². The SMILES string of the molecule is COc1ccc(CCNC(=O)C2CC2C(=O)Nc2ccccc2F)cc1OC. The van der Waals surface area contributed by atoms with Crippen LogP contribution >= 0.6 is 0 Å². The van der Waals surface area contributed by atoms with Gasteiger partial charge in [-0.25, -0.2) is 4.39 Å². The van der Waals surface area contributed by atoms with E-state index in [-0.39, 0.29) is 23.4 Å². The van der Waals surface area contributed by atoms with Gasteiger partial charge in [0.1, 0.15) is 5.82 Å². The Bertz CT molecular complexity index is 871. The van der Waals surface area contributed by atoms with E-state index in [4.69, 9.17) is 9.47 Å². The molecule has 7 heteroatoms. The van der Waals surface area contributed by atoms with E-state index in [0.717, 1.165) is 5.56 Å². The molecule has 1 saturated carbocycles. The van der Waals surface area contributed by atoms with Crippen LogP contribution in [0.2, 0.25) is 0 Å². The number of para-hydroxylation sites is 1. The fourth-order valence-electron chi connectivity index (χ4n) is 3.06. The molecule has 2 aromatic carbocycles. The molecule has 2 atom stereocenters. The van der Waals surface area contributed by atoms with Crippen molar-refractivity contribution in [2.45, 2.75) is 12.8 Å². The first-order chi connectivity index (χ1) is 13.5. The summed E-state index contributed by atoms with van der Waals surface area (Å²) >= 11 is 0. The molecule has 0 bridgehead atoms. The van der Waals surface area contributed by atoms with E-state index in [1.54, 1.807) is 26.4 Å². The molecule has 2 unspecified atom stereocenters. The van der Waals surface area contributed by atoms with Gasteiger partial charge in [0.25, 0.3) is 0 Å². The van der Waals surface area contributed by atoms with Crippen LogP contribution < -0.4 is 20.1 Å². The predicted molar refractivity (Wildman–Crippen MR) is 103 cm³/mol. The van der Waals surface area contributed by atoms with Crippen molar-refractivity contribution in [3.8, 4) is 11.5 Å². The Hall–Kier alpha value is -3.09. The Kier molecular flexibility index (Phi) is 6.13. The van der Waals surface area contributed by atoms with Crippen molar-refractivity contribution in [1.29, 1.82) is 0 Å². The molecule has 0 heterocycles. The normalized spacial score (nSPS) is 17.5. The van der Waals surface area contributed by atoms with Crippen molar-refractivity contribution in [1.82, 2.24) is 5.32 Å². The maximum Gasteiger partial charge on any atom is 0.228 e. The molecular weight excluding hydrogens is 363 g/mol. The van der Waals surface area contributed by atoms with Crippen molar-refractivity contribution in [3.05, 3.63) is 53.8 Å². The quantitative estimate of drug-likeness (QED) is 0.732. The highest BCUT2D eigenvalue weighted by atomic mass is 19.1. The van der Waals surface area contributed by atoms with Gasteiger partial charge >= 0.3 is 0 Å². The van der Waals surface area contributed by atoms with Crippen molar-refractivity contribution < 1.29 is 23.5 Å². The molecule has 0 aliphatic heterocycles. The topological polar surface area (TPSA) is 76.7 Å². The van der Waals surface area contributed by atoms with Crippen LogP contribution in [-0.4, -0.2) is 32.6 Å². The lowest BCUT2D eigenvalue weighted by Crippen LogP contribution is -2.29. The lowest BCUT2D eigenvalue weighted by atomic mass is 10.1. The smallest absolute Gasteiger partial charge is 0.228 e. The molecule has 0 radical (unpaired) electrons. The predicted octanol–water partition coefficient (Wildman–Crippen LogP) is 2.78. The molecule has 3 rings (SSSR count). The zero-order valence-electron chi connectivity index (χ0n) is 15.8. The first-order valence-electron chi connectivity index (χ1n) is 9.07. The van der Waals surface area contributed by atoms with Crippen LogP contribution in [0.15, 0.2) is 42.5 Å². The van der Waals surface area contributed by atoms with Gasteiger partial charge in [-0.15, -0.1) is 0 Å². The molecule has 0 aromatic heterocycles. The number of rotatable bonds is 8. The van der Waals surface area contributed by atoms with E-state index in [2.05, 4.69) is 10.6 Å². The maximum atomic E-state index is 13.6. The van der Waals surface area contributed by atoms with Crippen LogP contribution in [0.1, 0.15) is 12.0 Å². The second-order valence-electron chi connectivity index (χ2n) is 6.65. The first kappa shape index (κ1) is 19.7. The third kappa shape index (κ3) is 4.60.